The van der Waals surface area contributed by atoms with Crippen LogP contribution >= 0.6 is 0 Å². The molecule has 0 fully saturated rings. The van der Waals surface area contributed by atoms with Crippen LogP contribution in [0.2, 0.25) is 0 Å². The third-order valence-electron chi connectivity index (χ3n) is 8.11. The Labute approximate surface area is 243 Å². The molecule has 3 aromatic carbocycles. The van der Waals surface area contributed by atoms with Gasteiger partial charge in [-0.2, -0.15) is 0 Å². The van der Waals surface area contributed by atoms with Gasteiger partial charge < -0.3 is 10.1 Å². The number of ether oxygens (including phenoxy) is 1. The average molecular weight is 575 g/mol. The summed E-state index contributed by atoms with van der Waals surface area (Å²) in [4.78, 5) is 81.7. The molecule has 2 aliphatic heterocycles. The Bertz CT molecular complexity index is 2050. The minimum atomic E-state index is -1.19. The maximum Gasteiger partial charge on any atom is 0.334 e. The molecule has 0 saturated heterocycles. The summed E-state index contributed by atoms with van der Waals surface area (Å²) in [6.45, 7) is 1.41. The zero-order valence-electron chi connectivity index (χ0n) is 22.8. The summed E-state index contributed by atoms with van der Waals surface area (Å²) in [6.07, 6.45) is 0. The van der Waals surface area contributed by atoms with E-state index >= 15 is 0 Å². The highest BCUT2D eigenvalue weighted by Crippen LogP contribution is 2.47. The van der Waals surface area contributed by atoms with E-state index in [1.54, 1.807) is 48.5 Å². The number of carbonyl (C=O) groups is 4. The standard InChI is InChI=1S/C32H22N4O7/c1-15(36-28(38)20-9-5-6-10-21(20)29(36)39)31(41)43-17-13-11-16(12-14-17)22-23-25(18-7-3-4-8-19(18)26(23)37)33-27-24(22)30(40)35(2)32(42)34-27/h3-15,22,33H,1-2H3,(H,34,42)/t15-,22+/m0/s1. The Hall–Kier alpha value is -5.84. The van der Waals surface area contributed by atoms with Crippen LogP contribution in [-0.4, -0.2) is 44.1 Å². The van der Waals surface area contributed by atoms with Gasteiger partial charge >= 0.3 is 11.7 Å². The molecule has 11 heteroatoms. The van der Waals surface area contributed by atoms with Gasteiger partial charge in [-0.25, -0.2) is 9.59 Å². The first kappa shape index (κ1) is 26.1. The number of ketones is 1. The summed E-state index contributed by atoms with van der Waals surface area (Å²) in [5.41, 5.74) is 2.04. The smallest absolute Gasteiger partial charge is 0.334 e. The van der Waals surface area contributed by atoms with Crippen LogP contribution in [0.5, 0.6) is 5.75 Å². The lowest BCUT2D eigenvalue weighted by Gasteiger charge is -2.28. The fourth-order valence-electron chi connectivity index (χ4n) is 5.91. The van der Waals surface area contributed by atoms with E-state index in [1.807, 2.05) is 0 Å². The molecule has 3 aliphatic rings. The zero-order chi connectivity index (χ0) is 30.2. The van der Waals surface area contributed by atoms with E-state index < -0.39 is 41.0 Å². The van der Waals surface area contributed by atoms with Crippen LogP contribution < -0.4 is 21.3 Å². The van der Waals surface area contributed by atoms with Crippen LogP contribution in [0.25, 0.3) is 5.70 Å². The Morgan fingerprint density at radius 3 is 2.02 bits per heavy atom. The number of benzene rings is 3. The number of imide groups is 1. The van der Waals surface area contributed by atoms with Crippen LogP contribution in [0.15, 0.2) is 88.0 Å². The highest BCUT2D eigenvalue weighted by atomic mass is 16.5. The minimum Gasteiger partial charge on any atom is -0.425 e. The van der Waals surface area contributed by atoms with Gasteiger partial charge in [-0.1, -0.05) is 48.5 Å². The monoisotopic (exact) mass is 574 g/mol. The number of allylic oxidation sites excluding steroid dienone is 1. The molecule has 0 unspecified atom stereocenters. The Morgan fingerprint density at radius 2 is 1.40 bits per heavy atom. The summed E-state index contributed by atoms with van der Waals surface area (Å²) in [5.74, 6) is -2.70. The fraction of sp³-hybridized carbons (Fsp3) is 0.125. The second kappa shape index (κ2) is 9.35. The van der Waals surface area contributed by atoms with Gasteiger partial charge in [0.25, 0.3) is 17.4 Å². The number of nitrogens with one attached hydrogen (secondary N) is 2. The summed E-state index contributed by atoms with van der Waals surface area (Å²) >= 11 is 0. The van der Waals surface area contributed by atoms with Crippen molar-refractivity contribution in [3.8, 4) is 5.75 Å². The van der Waals surface area contributed by atoms with E-state index in [1.165, 1.54) is 38.2 Å². The lowest BCUT2D eigenvalue weighted by atomic mass is 9.81. The minimum absolute atomic E-state index is 0.135. The molecule has 7 rings (SSSR count). The lowest BCUT2D eigenvalue weighted by molar-refractivity contribution is -0.138. The molecule has 0 bridgehead atoms. The largest absolute Gasteiger partial charge is 0.425 e. The van der Waals surface area contributed by atoms with Crippen LogP contribution in [0.1, 0.15) is 60.6 Å². The Morgan fingerprint density at radius 1 is 0.814 bits per heavy atom. The highest BCUT2D eigenvalue weighted by molar-refractivity contribution is 6.24. The van der Waals surface area contributed by atoms with Crippen molar-refractivity contribution < 1.29 is 23.9 Å². The SMILES string of the molecule is C[C@@H](C(=O)Oc1ccc([C@@H]2C3=C(Nc4[nH]c(=O)n(C)c(=O)c42)c2ccccc2C3=O)cc1)N1C(=O)c2ccccc2C1=O. The van der Waals surface area contributed by atoms with Crippen LogP contribution in [0, 0.1) is 0 Å². The van der Waals surface area contributed by atoms with Crippen molar-refractivity contribution in [3.63, 3.8) is 0 Å². The molecule has 4 aromatic rings. The van der Waals surface area contributed by atoms with Gasteiger partial charge in [-0.3, -0.25) is 33.6 Å². The number of Topliss-reactive ketones (excluding diaryl/α,β-unsaturated/α-hetero) is 1. The molecule has 0 saturated carbocycles. The lowest BCUT2D eigenvalue weighted by Crippen LogP contribution is -2.44. The molecule has 2 atom stereocenters. The Kier molecular flexibility index (Phi) is 5.67. The molecule has 1 aromatic heterocycles. The number of carbonyl (C=O) groups excluding carboxylic acids is 4. The van der Waals surface area contributed by atoms with E-state index in [0.717, 1.165) is 9.47 Å². The fourth-order valence-corrected chi connectivity index (χ4v) is 5.91. The topological polar surface area (TPSA) is 148 Å². The number of H-pyrrole nitrogens is 1. The molecule has 0 radical (unpaired) electrons. The van der Waals surface area contributed by atoms with Gasteiger partial charge in [-0.05, 0) is 36.8 Å². The van der Waals surface area contributed by atoms with Gasteiger partial charge in [0.2, 0.25) is 0 Å². The number of aromatic nitrogens is 2. The van der Waals surface area contributed by atoms with Crippen molar-refractivity contribution in [1.29, 1.82) is 0 Å². The zero-order valence-corrected chi connectivity index (χ0v) is 22.8. The van der Waals surface area contributed by atoms with Gasteiger partial charge in [0.1, 0.15) is 17.6 Å². The molecule has 212 valence electrons. The van der Waals surface area contributed by atoms with E-state index in [2.05, 4.69) is 10.3 Å². The van der Waals surface area contributed by atoms with Crippen molar-refractivity contribution in [2.24, 2.45) is 7.05 Å². The maximum atomic E-state index is 13.6. The number of fused-ring (bicyclic) bond motifs is 4. The second-order valence-corrected chi connectivity index (χ2v) is 10.5. The first-order chi connectivity index (χ1) is 20.7. The number of anilines is 1. The quantitative estimate of drug-likeness (QED) is 0.215. The number of nitrogens with zero attached hydrogens (tertiary/aromatic N) is 2. The van der Waals surface area contributed by atoms with Gasteiger partial charge in [0.15, 0.2) is 5.78 Å². The predicted octanol–water partition coefficient (Wildman–Crippen LogP) is 2.83. The van der Waals surface area contributed by atoms with Crippen molar-refractivity contribution in [3.05, 3.63) is 133 Å². The molecular weight excluding hydrogens is 552 g/mol. The first-order valence-corrected chi connectivity index (χ1v) is 13.4. The number of rotatable bonds is 4. The first-order valence-electron chi connectivity index (χ1n) is 13.4. The summed E-state index contributed by atoms with van der Waals surface area (Å²) in [6, 6.07) is 18.5. The summed E-state index contributed by atoms with van der Waals surface area (Å²) in [7, 11) is 1.35. The van der Waals surface area contributed by atoms with E-state index in [-0.39, 0.29) is 34.0 Å². The Balaban J connectivity index is 1.22. The van der Waals surface area contributed by atoms with Gasteiger partial charge in [0, 0.05) is 29.7 Å². The van der Waals surface area contributed by atoms with E-state index in [4.69, 9.17) is 4.74 Å². The molecule has 11 nitrogen and oxygen atoms in total. The molecule has 3 heterocycles. The number of amides is 2. The third-order valence-corrected chi connectivity index (χ3v) is 8.11. The van der Waals surface area contributed by atoms with Crippen molar-refractivity contribution in [2.75, 3.05) is 5.32 Å². The number of aromatic amines is 1. The number of hydrogen-bond acceptors (Lipinski definition) is 8. The van der Waals surface area contributed by atoms with E-state index in [0.29, 0.717) is 28.0 Å². The maximum absolute atomic E-state index is 13.6. The molecule has 1 aliphatic carbocycles. The van der Waals surface area contributed by atoms with Crippen molar-refractivity contribution in [2.45, 2.75) is 18.9 Å². The highest BCUT2D eigenvalue weighted by Gasteiger charge is 2.43. The number of esters is 1. The molecule has 43 heavy (non-hydrogen) atoms. The molecule has 2 amide bonds. The summed E-state index contributed by atoms with van der Waals surface area (Å²) < 4.78 is 6.47. The molecule has 2 N–H and O–H groups in total. The molecule has 0 spiro atoms. The average Bonchev–Trinajstić information content (AvgIpc) is 3.44. The van der Waals surface area contributed by atoms with E-state index in [9.17, 15) is 28.8 Å². The third kappa shape index (κ3) is 3.74. The van der Waals surface area contributed by atoms with Crippen molar-refractivity contribution >= 4 is 35.1 Å². The van der Waals surface area contributed by atoms with Crippen LogP contribution in [0.4, 0.5) is 5.82 Å². The normalized spacial score (nSPS) is 17.2. The van der Waals surface area contributed by atoms with Crippen LogP contribution in [-0.2, 0) is 11.8 Å². The molecular formula is C32H22N4O7. The second-order valence-electron chi connectivity index (χ2n) is 10.5. The van der Waals surface area contributed by atoms with Crippen LogP contribution in [0.3, 0.4) is 0 Å². The number of hydrogen-bond donors (Lipinski definition) is 2. The van der Waals surface area contributed by atoms with Gasteiger partial charge in [0.05, 0.1) is 22.4 Å². The van der Waals surface area contributed by atoms with Gasteiger partial charge in [-0.15, -0.1) is 0 Å². The predicted molar refractivity (Wildman–Crippen MR) is 154 cm³/mol. The summed E-state index contributed by atoms with van der Waals surface area (Å²) in [5, 5.41) is 3.11. The van der Waals surface area contributed by atoms with Crippen molar-refractivity contribution in [1.82, 2.24) is 14.5 Å².